The van der Waals surface area contributed by atoms with Crippen molar-refractivity contribution in [1.82, 2.24) is 5.32 Å². The molecule has 0 bridgehead atoms. The third kappa shape index (κ3) is 5.73. The van der Waals surface area contributed by atoms with Crippen LogP contribution in [0.5, 0.6) is 5.75 Å². The zero-order chi connectivity index (χ0) is 16.7. The summed E-state index contributed by atoms with van der Waals surface area (Å²) in [5.41, 5.74) is 12.1. The van der Waals surface area contributed by atoms with E-state index in [9.17, 15) is 9.59 Å². The Morgan fingerprint density at radius 3 is 2.27 bits per heavy atom. The first-order valence-corrected chi connectivity index (χ1v) is 7.31. The number of primary amides is 1. The van der Waals surface area contributed by atoms with Crippen molar-refractivity contribution in [2.75, 3.05) is 7.11 Å². The van der Waals surface area contributed by atoms with Gasteiger partial charge in [0.2, 0.25) is 11.8 Å². The Morgan fingerprint density at radius 2 is 1.82 bits per heavy atom. The van der Waals surface area contributed by atoms with Crippen molar-refractivity contribution in [1.29, 1.82) is 0 Å². The maximum absolute atomic E-state index is 12.1. The molecule has 2 atom stereocenters. The minimum atomic E-state index is -0.734. The van der Waals surface area contributed by atoms with Gasteiger partial charge in [0, 0.05) is 0 Å². The summed E-state index contributed by atoms with van der Waals surface area (Å²) in [5, 5.41) is 2.63. The van der Waals surface area contributed by atoms with Crippen molar-refractivity contribution in [2.24, 2.45) is 17.4 Å². The molecule has 0 fully saturated rings. The number of rotatable bonds is 8. The van der Waals surface area contributed by atoms with Crippen molar-refractivity contribution in [3.05, 3.63) is 29.8 Å². The van der Waals surface area contributed by atoms with Crippen LogP contribution in [0.4, 0.5) is 0 Å². The topological polar surface area (TPSA) is 107 Å². The molecule has 1 aromatic rings. The largest absolute Gasteiger partial charge is 0.497 e. The molecule has 6 nitrogen and oxygen atoms in total. The SMILES string of the molecule is COc1ccc(C[C@H](N)C(=O)N[C@@H](CC(C)C)C(N)=O)cc1. The Morgan fingerprint density at radius 1 is 1.23 bits per heavy atom. The first-order valence-electron chi connectivity index (χ1n) is 7.31. The summed E-state index contributed by atoms with van der Waals surface area (Å²) < 4.78 is 5.08. The van der Waals surface area contributed by atoms with Gasteiger partial charge in [0.25, 0.3) is 0 Å². The highest BCUT2D eigenvalue weighted by molar-refractivity contribution is 5.89. The number of carbonyl (C=O) groups excluding carboxylic acids is 2. The number of hydrogen-bond donors (Lipinski definition) is 3. The van der Waals surface area contributed by atoms with E-state index in [-0.39, 0.29) is 11.8 Å². The molecular formula is C16H25N3O3. The molecule has 0 aliphatic heterocycles. The van der Waals surface area contributed by atoms with Crippen molar-refractivity contribution in [3.63, 3.8) is 0 Å². The lowest BCUT2D eigenvalue weighted by Gasteiger charge is -2.20. The molecule has 2 amide bonds. The van der Waals surface area contributed by atoms with Crippen molar-refractivity contribution in [2.45, 2.75) is 38.8 Å². The lowest BCUT2D eigenvalue weighted by Crippen LogP contribution is -2.51. The molecule has 0 heterocycles. The molecule has 0 radical (unpaired) electrons. The van der Waals surface area contributed by atoms with E-state index in [2.05, 4.69) is 5.32 Å². The first kappa shape index (κ1) is 18.0. The average molecular weight is 307 g/mol. The van der Waals surface area contributed by atoms with Gasteiger partial charge in [-0.15, -0.1) is 0 Å². The van der Waals surface area contributed by atoms with Gasteiger partial charge in [-0.2, -0.15) is 0 Å². The highest BCUT2D eigenvalue weighted by atomic mass is 16.5. The monoisotopic (exact) mass is 307 g/mol. The summed E-state index contributed by atoms with van der Waals surface area (Å²) in [7, 11) is 1.59. The zero-order valence-corrected chi connectivity index (χ0v) is 13.3. The van der Waals surface area contributed by atoms with Crippen LogP contribution in [0.3, 0.4) is 0 Å². The third-order valence-electron chi connectivity index (χ3n) is 3.32. The Bertz CT molecular complexity index is 500. The molecule has 0 saturated heterocycles. The maximum Gasteiger partial charge on any atom is 0.240 e. The second-order valence-corrected chi connectivity index (χ2v) is 5.75. The zero-order valence-electron chi connectivity index (χ0n) is 13.3. The van der Waals surface area contributed by atoms with Gasteiger partial charge in [0.1, 0.15) is 11.8 Å². The van der Waals surface area contributed by atoms with Crippen LogP contribution in [0.2, 0.25) is 0 Å². The van der Waals surface area contributed by atoms with Gasteiger partial charge >= 0.3 is 0 Å². The summed E-state index contributed by atoms with van der Waals surface area (Å²) in [5.74, 6) is 0.0714. The Hall–Kier alpha value is -2.08. The predicted octanol–water partition coefficient (Wildman–Crippen LogP) is 0.581. The number of ether oxygens (including phenoxy) is 1. The molecule has 22 heavy (non-hydrogen) atoms. The molecule has 0 aliphatic carbocycles. The van der Waals surface area contributed by atoms with Crippen LogP contribution in [0.25, 0.3) is 0 Å². The predicted molar refractivity (Wildman–Crippen MR) is 85.3 cm³/mol. The van der Waals surface area contributed by atoms with E-state index < -0.39 is 18.0 Å². The minimum absolute atomic E-state index is 0.246. The molecule has 6 heteroatoms. The van der Waals surface area contributed by atoms with Gasteiger partial charge in [-0.3, -0.25) is 9.59 Å². The molecule has 1 rings (SSSR count). The fourth-order valence-electron chi connectivity index (χ4n) is 2.10. The number of amides is 2. The fraction of sp³-hybridized carbons (Fsp3) is 0.500. The van der Waals surface area contributed by atoms with E-state index in [1.165, 1.54) is 0 Å². The van der Waals surface area contributed by atoms with Crippen LogP contribution in [0.15, 0.2) is 24.3 Å². The Kier molecular flexibility index (Phi) is 6.85. The van der Waals surface area contributed by atoms with Crippen molar-refractivity contribution >= 4 is 11.8 Å². The van der Waals surface area contributed by atoms with Crippen LogP contribution in [0, 0.1) is 5.92 Å². The summed E-state index contributed by atoms with van der Waals surface area (Å²) in [6, 6.07) is 5.91. The van der Waals surface area contributed by atoms with Crippen LogP contribution in [0.1, 0.15) is 25.8 Å². The van der Waals surface area contributed by atoms with Gasteiger partial charge in [-0.05, 0) is 36.5 Å². The molecule has 122 valence electrons. The quantitative estimate of drug-likeness (QED) is 0.653. The van der Waals surface area contributed by atoms with Gasteiger partial charge in [-0.1, -0.05) is 26.0 Å². The molecule has 0 saturated carbocycles. The van der Waals surface area contributed by atoms with Crippen LogP contribution >= 0.6 is 0 Å². The van der Waals surface area contributed by atoms with Crippen molar-refractivity contribution in [3.8, 4) is 5.75 Å². The van der Waals surface area contributed by atoms with Crippen LogP contribution in [-0.4, -0.2) is 31.0 Å². The average Bonchev–Trinajstić information content (AvgIpc) is 2.46. The number of methoxy groups -OCH3 is 1. The molecule has 1 aromatic carbocycles. The maximum atomic E-state index is 12.1. The Balaban J connectivity index is 2.61. The lowest BCUT2D eigenvalue weighted by atomic mass is 10.0. The normalized spacial score (nSPS) is 13.5. The van der Waals surface area contributed by atoms with Crippen molar-refractivity contribution < 1.29 is 14.3 Å². The van der Waals surface area contributed by atoms with E-state index in [1.807, 2.05) is 38.1 Å². The Labute approximate surface area is 131 Å². The lowest BCUT2D eigenvalue weighted by molar-refractivity contribution is -0.128. The molecule has 0 aromatic heterocycles. The molecule has 0 aliphatic rings. The van der Waals surface area contributed by atoms with E-state index in [0.717, 1.165) is 11.3 Å². The number of carbonyl (C=O) groups is 2. The summed E-state index contributed by atoms with van der Waals surface area (Å²) >= 11 is 0. The van der Waals surface area contributed by atoms with Gasteiger partial charge < -0.3 is 21.5 Å². The first-order chi connectivity index (χ1) is 10.3. The molecule has 5 N–H and O–H groups in total. The number of nitrogens with one attached hydrogen (secondary N) is 1. The number of nitrogens with two attached hydrogens (primary N) is 2. The van der Waals surface area contributed by atoms with Crippen LogP contribution < -0.4 is 21.5 Å². The standard InChI is InChI=1S/C16H25N3O3/c1-10(2)8-14(15(18)20)19-16(21)13(17)9-11-4-6-12(22-3)7-5-11/h4-7,10,13-14H,8-9,17H2,1-3H3,(H2,18,20)(H,19,21)/t13-,14-/m0/s1. The molecule has 0 unspecified atom stereocenters. The highest BCUT2D eigenvalue weighted by Crippen LogP contribution is 2.12. The van der Waals surface area contributed by atoms with E-state index in [1.54, 1.807) is 7.11 Å². The summed E-state index contributed by atoms with van der Waals surface area (Å²) in [6.45, 7) is 3.92. The van der Waals surface area contributed by atoms with Gasteiger partial charge in [0.05, 0.1) is 13.2 Å². The second kappa shape index (κ2) is 8.38. The fourth-order valence-corrected chi connectivity index (χ4v) is 2.10. The van der Waals surface area contributed by atoms with E-state index >= 15 is 0 Å². The number of hydrogen-bond acceptors (Lipinski definition) is 4. The molecular weight excluding hydrogens is 282 g/mol. The third-order valence-corrected chi connectivity index (χ3v) is 3.32. The van der Waals surface area contributed by atoms with Gasteiger partial charge in [0.15, 0.2) is 0 Å². The van der Waals surface area contributed by atoms with Gasteiger partial charge in [-0.25, -0.2) is 0 Å². The number of benzene rings is 1. The molecule has 0 spiro atoms. The summed E-state index contributed by atoms with van der Waals surface area (Å²) in [4.78, 5) is 23.5. The second-order valence-electron chi connectivity index (χ2n) is 5.75. The minimum Gasteiger partial charge on any atom is -0.497 e. The highest BCUT2D eigenvalue weighted by Gasteiger charge is 2.22. The van der Waals surface area contributed by atoms with E-state index in [4.69, 9.17) is 16.2 Å². The van der Waals surface area contributed by atoms with E-state index in [0.29, 0.717) is 12.8 Å². The van der Waals surface area contributed by atoms with Crippen LogP contribution in [-0.2, 0) is 16.0 Å². The smallest absolute Gasteiger partial charge is 0.240 e. The summed E-state index contributed by atoms with van der Waals surface area (Å²) in [6.07, 6.45) is 0.874.